The van der Waals surface area contributed by atoms with Crippen molar-refractivity contribution in [3.8, 4) is 5.88 Å². The third-order valence-electron chi connectivity index (χ3n) is 3.72. The first-order chi connectivity index (χ1) is 10.6. The van der Waals surface area contributed by atoms with Crippen LogP contribution in [0.4, 0.5) is 22.0 Å². The Labute approximate surface area is 129 Å². The van der Waals surface area contributed by atoms with Gasteiger partial charge in [0.25, 0.3) is 5.92 Å². The van der Waals surface area contributed by atoms with Gasteiger partial charge in [0, 0.05) is 18.7 Å². The molecule has 0 aliphatic carbocycles. The van der Waals surface area contributed by atoms with Crippen molar-refractivity contribution < 1.29 is 31.5 Å². The highest BCUT2D eigenvalue weighted by Gasteiger charge is 2.44. The Morgan fingerprint density at radius 1 is 1.43 bits per heavy atom. The average molecular weight is 338 g/mol. The van der Waals surface area contributed by atoms with E-state index in [0.29, 0.717) is 12.6 Å². The second kappa shape index (κ2) is 6.29. The van der Waals surface area contributed by atoms with Gasteiger partial charge in [-0.05, 0) is 12.0 Å². The van der Waals surface area contributed by atoms with Gasteiger partial charge in [-0.1, -0.05) is 6.92 Å². The zero-order chi connectivity index (χ0) is 17.3. The molecule has 23 heavy (non-hydrogen) atoms. The number of amides is 1. The minimum Gasteiger partial charge on any atom is -0.475 e. The van der Waals surface area contributed by atoms with Crippen molar-refractivity contribution >= 4 is 6.41 Å². The number of ether oxygens (including phenoxy) is 1. The molecule has 1 aliphatic rings. The van der Waals surface area contributed by atoms with Gasteiger partial charge in [0.1, 0.15) is 6.61 Å². The summed E-state index contributed by atoms with van der Waals surface area (Å²) >= 11 is 0. The number of halogens is 5. The lowest BCUT2D eigenvalue weighted by atomic mass is 9.89. The number of carbonyl (C=O) groups is 1. The van der Waals surface area contributed by atoms with Crippen LogP contribution in [0, 0.1) is 5.92 Å². The Balaban J connectivity index is 2.00. The van der Waals surface area contributed by atoms with Gasteiger partial charge in [0.15, 0.2) is 0 Å². The Hall–Kier alpha value is -1.93. The third-order valence-corrected chi connectivity index (χ3v) is 3.72. The Bertz CT molecular complexity index is 547. The van der Waals surface area contributed by atoms with Crippen LogP contribution in [0.15, 0.2) is 18.3 Å². The molecule has 1 aromatic rings. The number of pyridine rings is 1. The standard InChI is InChI=1S/C14H15F5N2O2/c1-9-4-13(15,16)7-21(8-22)11(9)6-23-12-3-2-10(5-20-12)14(17,18)19/h2-3,5,8-9,11H,4,6-7H2,1H3/t9-,11-/m1/s1. The van der Waals surface area contributed by atoms with E-state index in [0.717, 1.165) is 17.0 Å². The van der Waals surface area contributed by atoms with Crippen molar-refractivity contribution in [2.75, 3.05) is 13.2 Å². The number of rotatable bonds is 4. The van der Waals surface area contributed by atoms with E-state index in [4.69, 9.17) is 4.74 Å². The summed E-state index contributed by atoms with van der Waals surface area (Å²) in [6.45, 7) is 0.751. The Morgan fingerprint density at radius 2 is 2.13 bits per heavy atom. The minimum absolute atomic E-state index is 0.0617. The molecule has 0 N–H and O–H groups in total. The van der Waals surface area contributed by atoms with Crippen LogP contribution in [0.2, 0.25) is 0 Å². The van der Waals surface area contributed by atoms with E-state index in [9.17, 15) is 26.7 Å². The van der Waals surface area contributed by atoms with Gasteiger partial charge < -0.3 is 9.64 Å². The molecule has 1 fully saturated rings. The Morgan fingerprint density at radius 3 is 2.65 bits per heavy atom. The first-order valence-corrected chi connectivity index (χ1v) is 6.87. The summed E-state index contributed by atoms with van der Waals surface area (Å²) in [6.07, 6.45) is -3.92. The molecular weight excluding hydrogens is 323 g/mol. The maximum absolute atomic E-state index is 13.4. The summed E-state index contributed by atoms with van der Waals surface area (Å²) in [5, 5.41) is 0. The molecule has 1 saturated heterocycles. The second-order valence-electron chi connectivity index (χ2n) is 5.58. The minimum atomic E-state index is -4.50. The number of nitrogens with zero attached hydrogens (tertiary/aromatic N) is 2. The van der Waals surface area contributed by atoms with Gasteiger partial charge in [0.05, 0.1) is 18.2 Å². The van der Waals surface area contributed by atoms with Crippen LogP contribution in [0.3, 0.4) is 0 Å². The Kier molecular flexibility index (Phi) is 4.76. The molecule has 0 aromatic carbocycles. The van der Waals surface area contributed by atoms with Gasteiger partial charge in [0.2, 0.25) is 12.3 Å². The highest BCUT2D eigenvalue weighted by Crippen LogP contribution is 2.34. The van der Waals surface area contributed by atoms with Gasteiger partial charge >= 0.3 is 6.18 Å². The number of carbonyl (C=O) groups excluding carboxylic acids is 1. The zero-order valence-corrected chi connectivity index (χ0v) is 12.2. The molecule has 1 aliphatic heterocycles. The maximum Gasteiger partial charge on any atom is 0.417 e. The smallest absolute Gasteiger partial charge is 0.417 e. The lowest BCUT2D eigenvalue weighted by Crippen LogP contribution is -2.54. The third kappa shape index (κ3) is 4.29. The SMILES string of the molecule is C[C@@H]1CC(F)(F)CN(C=O)[C@@H]1COc1ccc(C(F)(F)F)cn1. The topological polar surface area (TPSA) is 42.4 Å². The quantitative estimate of drug-likeness (QED) is 0.626. The molecule has 2 rings (SSSR count). The maximum atomic E-state index is 13.4. The lowest BCUT2D eigenvalue weighted by Gasteiger charge is -2.41. The molecule has 0 spiro atoms. The van der Waals surface area contributed by atoms with Crippen LogP contribution in [0.25, 0.3) is 0 Å². The molecular formula is C14H15F5N2O2. The van der Waals surface area contributed by atoms with E-state index < -0.39 is 36.2 Å². The molecule has 4 nitrogen and oxygen atoms in total. The molecule has 0 saturated carbocycles. The first-order valence-electron chi connectivity index (χ1n) is 6.87. The number of hydrogen-bond donors (Lipinski definition) is 0. The predicted octanol–water partition coefficient (Wildman–Crippen LogP) is 2.98. The van der Waals surface area contributed by atoms with Crippen LogP contribution < -0.4 is 4.74 Å². The number of hydrogen-bond acceptors (Lipinski definition) is 3. The van der Waals surface area contributed by atoms with E-state index in [2.05, 4.69) is 4.98 Å². The van der Waals surface area contributed by atoms with E-state index in [1.165, 1.54) is 0 Å². The van der Waals surface area contributed by atoms with Gasteiger partial charge in [-0.2, -0.15) is 13.2 Å². The molecule has 1 aromatic heterocycles. The summed E-state index contributed by atoms with van der Waals surface area (Å²) in [5.74, 6) is -3.53. The van der Waals surface area contributed by atoms with Gasteiger partial charge in [-0.3, -0.25) is 4.79 Å². The zero-order valence-electron chi connectivity index (χ0n) is 12.2. The highest BCUT2D eigenvalue weighted by atomic mass is 19.4. The molecule has 0 radical (unpaired) electrons. The van der Waals surface area contributed by atoms with Crippen LogP contribution in [-0.2, 0) is 11.0 Å². The van der Waals surface area contributed by atoms with E-state index >= 15 is 0 Å². The van der Waals surface area contributed by atoms with Crippen molar-refractivity contribution in [3.63, 3.8) is 0 Å². The first kappa shape index (κ1) is 17.4. The summed E-state index contributed by atoms with van der Waals surface area (Å²) < 4.78 is 69.4. The molecule has 0 bridgehead atoms. The average Bonchev–Trinajstić information content (AvgIpc) is 2.44. The fourth-order valence-corrected chi connectivity index (χ4v) is 2.56. The van der Waals surface area contributed by atoms with Crippen molar-refractivity contribution in [1.29, 1.82) is 0 Å². The normalized spacial score (nSPS) is 24.3. The van der Waals surface area contributed by atoms with Crippen molar-refractivity contribution in [2.45, 2.75) is 31.5 Å². The largest absolute Gasteiger partial charge is 0.475 e. The second-order valence-corrected chi connectivity index (χ2v) is 5.58. The monoisotopic (exact) mass is 338 g/mol. The molecule has 9 heteroatoms. The molecule has 2 atom stereocenters. The van der Waals surface area contributed by atoms with Crippen molar-refractivity contribution in [3.05, 3.63) is 23.9 Å². The van der Waals surface area contributed by atoms with Crippen LogP contribution >= 0.6 is 0 Å². The summed E-state index contributed by atoms with van der Waals surface area (Å²) in [6, 6.07) is 1.28. The van der Waals surface area contributed by atoms with E-state index in [1.54, 1.807) is 6.92 Å². The number of likely N-dealkylation sites (tertiary alicyclic amines) is 1. The molecule has 1 amide bonds. The summed E-state index contributed by atoms with van der Waals surface area (Å²) in [4.78, 5) is 15.5. The lowest BCUT2D eigenvalue weighted by molar-refractivity contribution is -0.142. The van der Waals surface area contributed by atoms with E-state index in [1.807, 2.05) is 0 Å². The number of aromatic nitrogens is 1. The van der Waals surface area contributed by atoms with Gasteiger partial charge in [-0.15, -0.1) is 0 Å². The number of piperidine rings is 1. The van der Waals surface area contributed by atoms with Crippen molar-refractivity contribution in [2.24, 2.45) is 5.92 Å². The fourth-order valence-electron chi connectivity index (χ4n) is 2.56. The van der Waals surface area contributed by atoms with Crippen LogP contribution in [-0.4, -0.2) is 41.4 Å². The predicted molar refractivity (Wildman–Crippen MR) is 70.0 cm³/mol. The summed E-state index contributed by atoms with van der Waals surface area (Å²) in [7, 11) is 0. The van der Waals surface area contributed by atoms with Gasteiger partial charge in [-0.25, -0.2) is 13.8 Å². The van der Waals surface area contributed by atoms with Crippen LogP contribution in [0.5, 0.6) is 5.88 Å². The van der Waals surface area contributed by atoms with Crippen LogP contribution in [0.1, 0.15) is 18.9 Å². The summed E-state index contributed by atoms with van der Waals surface area (Å²) in [5.41, 5.74) is -0.912. The molecule has 128 valence electrons. The van der Waals surface area contributed by atoms with Crippen molar-refractivity contribution in [1.82, 2.24) is 9.88 Å². The molecule has 0 unspecified atom stereocenters. The highest BCUT2D eigenvalue weighted by molar-refractivity contribution is 5.48. The fraction of sp³-hybridized carbons (Fsp3) is 0.571. The molecule has 2 heterocycles. The van der Waals surface area contributed by atoms with E-state index in [-0.39, 0.29) is 18.9 Å². The number of alkyl halides is 5.